The fourth-order valence-electron chi connectivity index (χ4n) is 2.20. The number of aliphatic hydroxyl groups excluding tert-OH is 1. The van der Waals surface area contributed by atoms with Crippen molar-refractivity contribution in [3.05, 3.63) is 12.2 Å². The lowest BCUT2D eigenvalue weighted by Crippen LogP contribution is -2.46. The quantitative estimate of drug-likeness (QED) is 0.658. The van der Waals surface area contributed by atoms with Crippen molar-refractivity contribution in [3.63, 3.8) is 0 Å². The van der Waals surface area contributed by atoms with E-state index in [0.717, 1.165) is 0 Å². The molecule has 1 aliphatic heterocycles. The fourth-order valence-corrected chi connectivity index (χ4v) is 2.20. The molecule has 0 aliphatic carbocycles. The Bertz CT molecular complexity index is 445. The maximum atomic E-state index is 12.0. The molecule has 24 heavy (non-hydrogen) atoms. The third kappa shape index (κ3) is 8.88. The summed E-state index contributed by atoms with van der Waals surface area (Å²) >= 11 is 0. The van der Waals surface area contributed by atoms with Gasteiger partial charge >= 0.3 is 6.09 Å². The summed E-state index contributed by atoms with van der Waals surface area (Å²) in [6.07, 6.45) is 3.86. The van der Waals surface area contributed by atoms with Crippen LogP contribution < -0.4 is 10.6 Å². The maximum absolute atomic E-state index is 12.0. The van der Waals surface area contributed by atoms with Crippen LogP contribution >= 0.6 is 0 Å². The first kappa shape index (κ1) is 20.4. The summed E-state index contributed by atoms with van der Waals surface area (Å²) in [4.78, 5) is 23.7. The molecule has 0 saturated carbocycles. The van der Waals surface area contributed by atoms with Crippen molar-refractivity contribution >= 4 is 12.0 Å². The largest absolute Gasteiger partial charge is 0.444 e. The first-order valence-corrected chi connectivity index (χ1v) is 8.37. The SMILES string of the molecule is CC(CCC(=O)N[C@H]1C/C=C\COC[C@H]1O)NC(=O)OC(C)(C)C. The molecule has 0 aromatic heterocycles. The smallest absolute Gasteiger partial charge is 0.407 e. The Kier molecular flexibility index (Phi) is 8.21. The van der Waals surface area contributed by atoms with Gasteiger partial charge in [0, 0.05) is 12.5 Å². The van der Waals surface area contributed by atoms with E-state index in [-0.39, 0.29) is 31.0 Å². The van der Waals surface area contributed by atoms with Crippen LogP contribution in [0, 0.1) is 0 Å². The Hall–Kier alpha value is -1.60. The van der Waals surface area contributed by atoms with Gasteiger partial charge in [0.15, 0.2) is 0 Å². The summed E-state index contributed by atoms with van der Waals surface area (Å²) in [5.41, 5.74) is -0.550. The van der Waals surface area contributed by atoms with Gasteiger partial charge in [0.05, 0.1) is 25.4 Å². The zero-order valence-electron chi connectivity index (χ0n) is 15.0. The van der Waals surface area contributed by atoms with E-state index in [1.165, 1.54) is 0 Å². The van der Waals surface area contributed by atoms with Crippen LogP contribution in [0.5, 0.6) is 0 Å². The first-order chi connectivity index (χ1) is 11.2. The zero-order valence-corrected chi connectivity index (χ0v) is 15.0. The third-order valence-electron chi connectivity index (χ3n) is 3.44. The zero-order chi connectivity index (χ0) is 18.2. The second-order valence-corrected chi connectivity index (χ2v) is 7.07. The van der Waals surface area contributed by atoms with Crippen LogP contribution in [-0.2, 0) is 14.3 Å². The Morgan fingerprint density at radius 2 is 2.08 bits per heavy atom. The van der Waals surface area contributed by atoms with E-state index in [1.807, 2.05) is 19.1 Å². The number of hydrogen-bond donors (Lipinski definition) is 3. The van der Waals surface area contributed by atoms with Gasteiger partial charge in [0.25, 0.3) is 0 Å². The molecule has 0 bridgehead atoms. The molecule has 1 heterocycles. The highest BCUT2D eigenvalue weighted by Gasteiger charge is 2.22. The number of alkyl carbamates (subject to hydrolysis) is 1. The molecular formula is C17H30N2O5. The van der Waals surface area contributed by atoms with E-state index in [1.54, 1.807) is 20.8 Å². The molecule has 7 nitrogen and oxygen atoms in total. The summed E-state index contributed by atoms with van der Waals surface area (Å²) in [6.45, 7) is 7.88. The highest BCUT2D eigenvalue weighted by atomic mass is 16.6. The van der Waals surface area contributed by atoms with Gasteiger partial charge in [-0.15, -0.1) is 0 Å². The topological polar surface area (TPSA) is 96.9 Å². The normalized spacial score (nSPS) is 24.2. The van der Waals surface area contributed by atoms with Gasteiger partial charge in [0.2, 0.25) is 5.91 Å². The molecule has 1 unspecified atom stereocenters. The summed E-state index contributed by atoms with van der Waals surface area (Å²) < 4.78 is 10.4. The molecule has 0 aromatic carbocycles. The van der Waals surface area contributed by atoms with Crippen molar-refractivity contribution in [1.82, 2.24) is 10.6 Å². The predicted octanol–water partition coefficient (Wildman–Crippen LogP) is 1.50. The number of aliphatic hydroxyl groups is 1. The van der Waals surface area contributed by atoms with Crippen molar-refractivity contribution in [1.29, 1.82) is 0 Å². The van der Waals surface area contributed by atoms with Crippen LogP contribution in [-0.4, -0.2) is 54.1 Å². The highest BCUT2D eigenvalue weighted by Crippen LogP contribution is 2.08. The molecule has 138 valence electrons. The number of rotatable bonds is 5. The van der Waals surface area contributed by atoms with Crippen LogP contribution in [0.25, 0.3) is 0 Å². The van der Waals surface area contributed by atoms with Crippen LogP contribution in [0.15, 0.2) is 12.2 Å². The number of carbonyl (C=O) groups is 2. The number of nitrogens with one attached hydrogen (secondary N) is 2. The lowest BCUT2D eigenvalue weighted by Gasteiger charge is -2.25. The Balaban J connectivity index is 2.32. The van der Waals surface area contributed by atoms with Gasteiger partial charge < -0.3 is 25.2 Å². The highest BCUT2D eigenvalue weighted by molar-refractivity contribution is 5.76. The number of hydrogen-bond acceptors (Lipinski definition) is 5. The minimum atomic E-state index is -0.726. The second kappa shape index (κ2) is 9.64. The van der Waals surface area contributed by atoms with Crippen LogP contribution in [0.3, 0.4) is 0 Å². The van der Waals surface area contributed by atoms with Gasteiger partial charge in [-0.3, -0.25) is 4.79 Å². The van der Waals surface area contributed by atoms with Gasteiger partial charge in [-0.05, 0) is 40.5 Å². The van der Waals surface area contributed by atoms with Gasteiger partial charge in [0.1, 0.15) is 5.60 Å². The third-order valence-corrected chi connectivity index (χ3v) is 3.44. The van der Waals surface area contributed by atoms with Crippen molar-refractivity contribution < 1.29 is 24.2 Å². The first-order valence-electron chi connectivity index (χ1n) is 8.37. The van der Waals surface area contributed by atoms with E-state index in [9.17, 15) is 14.7 Å². The van der Waals surface area contributed by atoms with Crippen molar-refractivity contribution in [3.8, 4) is 0 Å². The monoisotopic (exact) mass is 342 g/mol. The molecule has 1 aliphatic rings. The minimum Gasteiger partial charge on any atom is -0.444 e. The van der Waals surface area contributed by atoms with Crippen molar-refractivity contribution in [2.45, 2.75) is 70.7 Å². The molecular weight excluding hydrogens is 312 g/mol. The molecule has 2 amide bonds. The minimum absolute atomic E-state index is 0.161. The summed E-state index contributed by atoms with van der Waals surface area (Å²) in [6, 6.07) is -0.542. The molecule has 0 saturated heterocycles. The Morgan fingerprint density at radius 3 is 2.75 bits per heavy atom. The Morgan fingerprint density at radius 1 is 1.38 bits per heavy atom. The number of carbonyl (C=O) groups excluding carboxylic acids is 2. The Labute approximate surface area is 143 Å². The lowest BCUT2D eigenvalue weighted by molar-refractivity contribution is -0.123. The average molecular weight is 342 g/mol. The molecule has 7 heteroatoms. The number of amides is 2. The summed E-state index contributed by atoms with van der Waals surface area (Å²) in [5.74, 6) is -0.161. The van der Waals surface area contributed by atoms with Crippen LogP contribution in [0.4, 0.5) is 4.79 Å². The van der Waals surface area contributed by atoms with E-state index in [0.29, 0.717) is 19.4 Å². The van der Waals surface area contributed by atoms with E-state index in [2.05, 4.69) is 10.6 Å². The second-order valence-electron chi connectivity index (χ2n) is 7.07. The molecule has 3 N–H and O–H groups in total. The van der Waals surface area contributed by atoms with E-state index >= 15 is 0 Å². The molecule has 3 atom stereocenters. The average Bonchev–Trinajstić information content (AvgIpc) is 2.42. The van der Waals surface area contributed by atoms with Gasteiger partial charge in [-0.25, -0.2) is 4.79 Å². The molecule has 1 rings (SSSR count). The number of ether oxygens (including phenoxy) is 2. The summed E-state index contributed by atoms with van der Waals surface area (Å²) in [7, 11) is 0. The van der Waals surface area contributed by atoms with Crippen molar-refractivity contribution in [2.75, 3.05) is 13.2 Å². The molecule has 0 fully saturated rings. The lowest BCUT2D eigenvalue weighted by atomic mass is 10.1. The fraction of sp³-hybridized carbons (Fsp3) is 0.765. The standard InChI is InChI=1S/C17H30N2O5/c1-12(18-16(22)24-17(2,3)4)8-9-15(21)19-13-7-5-6-10-23-11-14(13)20/h5-6,12-14,20H,7-11H2,1-4H3,(H,18,22)(H,19,21)/b6-5-/t12?,13-,14+/m0/s1. The maximum Gasteiger partial charge on any atom is 0.407 e. The van der Waals surface area contributed by atoms with Gasteiger partial charge in [-0.1, -0.05) is 12.2 Å². The summed E-state index contributed by atoms with van der Waals surface area (Å²) in [5, 5.41) is 15.5. The van der Waals surface area contributed by atoms with Crippen LogP contribution in [0.1, 0.15) is 47.0 Å². The molecule has 0 radical (unpaired) electrons. The van der Waals surface area contributed by atoms with E-state index < -0.39 is 17.8 Å². The van der Waals surface area contributed by atoms with E-state index in [4.69, 9.17) is 9.47 Å². The molecule has 0 aromatic rings. The molecule has 0 spiro atoms. The van der Waals surface area contributed by atoms with Crippen LogP contribution in [0.2, 0.25) is 0 Å². The van der Waals surface area contributed by atoms with Gasteiger partial charge in [-0.2, -0.15) is 0 Å². The predicted molar refractivity (Wildman–Crippen MR) is 90.6 cm³/mol. The van der Waals surface area contributed by atoms with Crippen molar-refractivity contribution in [2.24, 2.45) is 0 Å².